The van der Waals surface area contributed by atoms with E-state index >= 15 is 0 Å². The third kappa shape index (κ3) is 4.46. The molecule has 1 saturated carbocycles. The highest BCUT2D eigenvalue weighted by molar-refractivity contribution is 7.20. The summed E-state index contributed by atoms with van der Waals surface area (Å²) in [5.74, 6) is -0.150. The second kappa shape index (κ2) is 7.55. The van der Waals surface area contributed by atoms with Crippen molar-refractivity contribution in [3.8, 4) is 6.07 Å². The van der Waals surface area contributed by atoms with Gasteiger partial charge >= 0.3 is 6.09 Å². The third-order valence-corrected chi connectivity index (χ3v) is 5.95. The molecule has 0 spiro atoms. The maximum Gasteiger partial charge on any atom is 0.411 e. The van der Waals surface area contributed by atoms with Gasteiger partial charge in [-0.05, 0) is 56.8 Å². The van der Waals surface area contributed by atoms with Crippen molar-refractivity contribution in [2.24, 2.45) is 5.92 Å². The molecule has 2 amide bonds. The summed E-state index contributed by atoms with van der Waals surface area (Å²) >= 11 is 1.41. The van der Waals surface area contributed by atoms with Crippen LogP contribution in [0, 0.1) is 17.2 Å². The molecular formula is C19H24BN3O3S. The first kappa shape index (κ1) is 19.7. The Labute approximate surface area is 165 Å². The average molecular weight is 385 g/mol. The van der Waals surface area contributed by atoms with Gasteiger partial charge in [0.25, 0.3) is 0 Å². The van der Waals surface area contributed by atoms with E-state index in [0.717, 1.165) is 24.1 Å². The molecule has 142 valence electrons. The first-order valence-corrected chi connectivity index (χ1v) is 10.0. The number of hydrogen-bond acceptors (Lipinski definition) is 5. The average Bonchev–Trinajstić information content (AvgIpc) is 3.27. The molecule has 1 aromatic rings. The van der Waals surface area contributed by atoms with E-state index in [1.165, 1.54) is 11.3 Å². The Morgan fingerprint density at radius 2 is 2.19 bits per heavy atom. The van der Waals surface area contributed by atoms with Crippen LogP contribution < -0.4 is 10.1 Å². The lowest BCUT2D eigenvalue weighted by Crippen LogP contribution is -2.55. The van der Waals surface area contributed by atoms with Crippen LogP contribution in [0.25, 0.3) is 0 Å². The number of nitrogens with one attached hydrogen (secondary N) is 1. The van der Waals surface area contributed by atoms with Gasteiger partial charge in [-0.1, -0.05) is 6.07 Å². The summed E-state index contributed by atoms with van der Waals surface area (Å²) < 4.78 is 6.19. The number of carbonyl (C=O) groups excluding carboxylic acids is 2. The van der Waals surface area contributed by atoms with Gasteiger partial charge < -0.3 is 10.1 Å². The van der Waals surface area contributed by atoms with Crippen molar-refractivity contribution < 1.29 is 14.3 Å². The molecule has 3 rings (SSSR count). The molecule has 2 aliphatic rings. The molecule has 2 radical (unpaired) electrons. The van der Waals surface area contributed by atoms with E-state index in [1.807, 2.05) is 26.8 Å². The fourth-order valence-electron chi connectivity index (χ4n) is 3.99. The predicted molar refractivity (Wildman–Crippen MR) is 104 cm³/mol. The monoisotopic (exact) mass is 385 g/mol. The SMILES string of the molecule is [B]c1ccc(CC(C#N)NC(=O)C2C3CCC(C3)N2C(=O)OC(C)(C)C)s1. The lowest BCUT2D eigenvalue weighted by molar-refractivity contribution is -0.128. The quantitative estimate of drug-likeness (QED) is 0.803. The lowest BCUT2D eigenvalue weighted by Gasteiger charge is -2.35. The highest BCUT2D eigenvalue weighted by atomic mass is 32.1. The highest BCUT2D eigenvalue weighted by Crippen LogP contribution is 2.43. The number of fused-ring (bicyclic) bond motifs is 2. The Morgan fingerprint density at radius 3 is 2.78 bits per heavy atom. The van der Waals surface area contributed by atoms with Gasteiger partial charge in [0, 0.05) is 17.3 Å². The van der Waals surface area contributed by atoms with Gasteiger partial charge in [0.15, 0.2) is 0 Å². The number of amides is 2. The third-order valence-electron chi connectivity index (χ3n) is 5.02. The van der Waals surface area contributed by atoms with E-state index in [9.17, 15) is 14.9 Å². The molecule has 4 atom stereocenters. The molecule has 8 heteroatoms. The number of nitrogens with zero attached hydrogens (tertiary/aromatic N) is 2. The summed E-state index contributed by atoms with van der Waals surface area (Å²) in [7, 11) is 5.73. The fraction of sp³-hybridized carbons (Fsp3) is 0.632. The second-order valence-corrected chi connectivity index (χ2v) is 9.46. The van der Waals surface area contributed by atoms with Gasteiger partial charge in [-0.2, -0.15) is 16.6 Å². The molecule has 27 heavy (non-hydrogen) atoms. The zero-order valence-corrected chi connectivity index (χ0v) is 16.7. The smallest absolute Gasteiger partial charge is 0.411 e. The maximum atomic E-state index is 12.9. The predicted octanol–water partition coefficient (Wildman–Crippen LogP) is 1.88. The zero-order valence-electron chi connectivity index (χ0n) is 15.9. The van der Waals surface area contributed by atoms with Gasteiger partial charge in [0.05, 0.1) is 6.07 Å². The Kier molecular flexibility index (Phi) is 5.52. The maximum absolute atomic E-state index is 12.9. The molecule has 1 aromatic heterocycles. The summed E-state index contributed by atoms with van der Waals surface area (Å²) in [5.41, 5.74) is -0.617. The van der Waals surface area contributed by atoms with Crippen molar-refractivity contribution in [2.45, 2.75) is 70.2 Å². The number of hydrogen-bond donors (Lipinski definition) is 1. The van der Waals surface area contributed by atoms with E-state index in [4.69, 9.17) is 12.6 Å². The van der Waals surface area contributed by atoms with Crippen LogP contribution in [-0.4, -0.2) is 48.5 Å². The minimum absolute atomic E-state index is 0.0400. The summed E-state index contributed by atoms with van der Waals surface area (Å²) in [5, 5.41) is 12.3. The van der Waals surface area contributed by atoms with Crippen LogP contribution in [0.4, 0.5) is 4.79 Å². The van der Waals surface area contributed by atoms with Crippen molar-refractivity contribution in [3.63, 3.8) is 0 Å². The Balaban J connectivity index is 1.69. The molecule has 6 nitrogen and oxygen atoms in total. The van der Waals surface area contributed by atoms with Crippen LogP contribution in [0.5, 0.6) is 0 Å². The molecule has 2 heterocycles. The minimum Gasteiger partial charge on any atom is -0.444 e. The standard InChI is InChI=1S/C19H24BN3O3S/c1-19(2,3)26-18(25)23-13-5-4-11(8-13)16(23)17(24)22-12(10-21)9-14-6-7-15(20)27-14/h6-7,11-13,16H,4-5,8-9H2,1-3H3,(H,22,24). The molecule has 1 saturated heterocycles. The van der Waals surface area contributed by atoms with E-state index in [1.54, 1.807) is 11.0 Å². The topological polar surface area (TPSA) is 82.4 Å². The van der Waals surface area contributed by atoms with Gasteiger partial charge in [-0.3, -0.25) is 9.69 Å². The molecule has 0 aromatic carbocycles. The Hall–Kier alpha value is -2.01. The zero-order chi connectivity index (χ0) is 19.8. The number of thiophene rings is 1. The van der Waals surface area contributed by atoms with Crippen molar-refractivity contribution in [1.29, 1.82) is 5.26 Å². The van der Waals surface area contributed by atoms with E-state index in [0.29, 0.717) is 11.2 Å². The number of ether oxygens (including phenoxy) is 1. The molecule has 1 aliphatic heterocycles. The van der Waals surface area contributed by atoms with Gasteiger partial charge in [0.1, 0.15) is 25.5 Å². The van der Waals surface area contributed by atoms with Gasteiger partial charge in [-0.25, -0.2) is 4.79 Å². The molecule has 2 fully saturated rings. The van der Waals surface area contributed by atoms with E-state index < -0.39 is 23.8 Å². The van der Waals surface area contributed by atoms with Gasteiger partial charge in [-0.15, -0.1) is 0 Å². The lowest BCUT2D eigenvalue weighted by atomic mass is 9.97. The van der Waals surface area contributed by atoms with Crippen molar-refractivity contribution in [3.05, 3.63) is 17.0 Å². The number of piperidine rings is 1. The minimum atomic E-state index is -0.657. The van der Waals surface area contributed by atoms with Crippen LogP contribution in [0.15, 0.2) is 12.1 Å². The van der Waals surface area contributed by atoms with Crippen LogP contribution in [0.2, 0.25) is 0 Å². The van der Waals surface area contributed by atoms with Crippen molar-refractivity contribution in [1.82, 2.24) is 10.2 Å². The van der Waals surface area contributed by atoms with Crippen molar-refractivity contribution in [2.75, 3.05) is 0 Å². The Morgan fingerprint density at radius 1 is 1.44 bits per heavy atom. The van der Waals surface area contributed by atoms with E-state index in [-0.39, 0.29) is 17.9 Å². The second-order valence-electron chi connectivity index (χ2n) is 8.26. The number of nitriles is 1. The molecule has 1 N–H and O–H groups in total. The Bertz CT molecular complexity index is 767. The van der Waals surface area contributed by atoms with Crippen molar-refractivity contribution >= 4 is 36.0 Å². The largest absolute Gasteiger partial charge is 0.444 e. The summed E-state index contributed by atoms with van der Waals surface area (Å²) in [6.45, 7) is 5.44. The number of rotatable bonds is 4. The summed E-state index contributed by atoms with van der Waals surface area (Å²) in [6, 6.07) is 4.61. The van der Waals surface area contributed by atoms with Crippen LogP contribution in [0.3, 0.4) is 0 Å². The van der Waals surface area contributed by atoms with E-state index in [2.05, 4.69) is 11.4 Å². The summed E-state index contributed by atoms with van der Waals surface area (Å²) in [4.78, 5) is 28.1. The molecule has 1 aliphatic carbocycles. The first-order valence-electron chi connectivity index (χ1n) is 9.23. The highest BCUT2D eigenvalue weighted by Gasteiger charge is 2.52. The summed E-state index contributed by atoms with van der Waals surface area (Å²) in [6.07, 6.45) is 2.58. The first-order chi connectivity index (χ1) is 12.7. The number of likely N-dealkylation sites (tertiary alicyclic amines) is 1. The van der Waals surface area contributed by atoms with Crippen LogP contribution in [0.1, 0.15) is 44.9 Å². The molecular weight excluding hydrogens is 361 g/mol. The molecule has 4 unspecified atom stereocenters. The van der Waals surface area contributed by atoms with Crippen LogP contribution >= 0.6 is 11.3 Å². The molecule has 2 bridgehead atoms. The fourth-order valence-corrected chi connectivity index (χ4v) is 4.82. The number of carbonyl (C=O) groups is 2. The normalized spacial score (nSPS) is 25.1. The van der Waals surface area contributed by atoms with Crippen LogP contribution in [-0.2, 0) is 16.0 Å². The van der Waals surface area contributed by atoms with Gasteiger partial charge in [0.2, 0.25) is 5.91 Å².